The summed E-state index contributed by atoms with van der Waals surface area (Å²) in [6.45, 7) is 9.35. The fourth-order valence-corrected chi connectivity index (χ4v) is 4.38. The van der Waals surface area contributed by atoms with Gasteiger partial charge >= 0.3 is 0 Å². The van der Waals surface area contributed by atoms with Crippen molar-refractivity contribution in [3.63, 3.8) is 0 Å². The Kier molecular flexibility index (Phi) is 6.17. The highest BCUT2D eigenvalue weighted by Gasteiger charge is 2.27. The van der Waals surface area contributed by atoms with Gasteiger partial charge in [-0.2, -0.15) is 5.10 Å². The van der Waals surface area contributed by atoms with Crippen LogP contribution in [0.1, 0.15) is 48.3 Å². The van der Waals surface area contributed by atoms with Crippen LogP contribution in [0.3, 0.4) is 0 Å². The SMILES string of the molecule is Cc1nc(CC(=O)N2CCC[C@@H](n3ncc(N(C)C(C)C)cc3=O)C2)c(C)s1. The minimum Gasteiger partial charge on any atom is -0.371 e. The molecule has 0 N–H and O–H groups in total. The van der Waals surface area contributed by atoms with Crippen molar-refractivity contribution in [3.8, 4) is 0 Å². The highest BCUT2D eigenvalue weighted by molar-refractivity contribution is 7.11. The highest BCUT2D eigenvalue weighted by atomic mass is 32.1. The average molecular weight is 404 g/mol. The molecule has 8 heteroatoms. The van der Waals surface area contributed by atoms with Crippen molar-refractivity contribution < 1.29 is 4.79 Å². The number of nitrogens with zero attached hydrogens (tertiary/aromatic N) is 5. The van der Waals surface area contributed by atoms with E-state index in [1.807, 2.05) is 30.7 Å². The number of anilines is 1. The quantitative estimate of drug-likeness (QED) is 0.767. The Hall–Kier alpha value is -2.22. The van der Waals surface area contributed by atoms with E-state index in [2.05, 4.69) is 23.9 Å². The van der Waals surface area contributed by atoms with Crippen LogP contribution in [0.2, 0.25) is 0 Å². The number of likely N-dealkylation sites (tertiary alicyclic amines) is 1. The molecule has 3 heterocycles. The summed E-state index contributed by atoms with van der Waals surface area (Å²) < 4.78 is 1.54. The number of thiazole rings is 1. The molecule has 7 nitrogen and oxygen atoms in total. The van der Waals surface area contributed by atoms with E-state index in [1.54, 1.807) is 23.6 Å². The lowest BCUT2D eigenvalue weighted by molar-refractivity contribution is -0.132. The minimum absolute atomic E-state index is 0.0716. The molecule has 0 saturated carbocycles. The largest absolute Gasteiger partial charge is 0.371 e. The van der Waals surface area contributed by atoms with E-state index in [0.29, 0.717) is 13.0 Å². The molecule has 28 heavy (non-hydrogen) atoms. The zero-order valence-corrected chi connectivity index (χ0v) is 18.1. The Labute approximate surface area is 170 Å². The van der Waals surface area contributed by atoms with Gasteiger partial charge < -0.3 is 9.80 Å². The molecule has 0 aromatic carbocycles. The molecule has 1 aliphatic heterocycles. The second-order valence-corrected chi connectivity index (χ2v) is 9.16. The Morgan fingerprint density at radius 1 is 1.39 bits per heavy atom. The van der Waals surface area contributed by atoms with Gasteiger partial charge in [0.05, 0.1) is 35.0 Å². The first-order valence-corrected chi connectivity index (χ1v) is 10.6. The third kappa shape index (κ3) is 4.43. The summed E-state index contributed by atoms with van der Waals surface area (Å²) in [5.41, 5.74) is 1.57. The van der Waals surface area contributed by atoms with Crippen LogP contribution in [-0.4, -0.2) is 51.8 Å². The fraction of sp³-hybridized carbons (Fsp3) is 0.600. The number of piperidine rings is 1. The molecule has 0 aliphatic carbocycles. The van der Waals surface area contributed by atoms with Gasteiger partial charge in [0.25, 0.3) is 5.56 Å². The highest BCUT2D eigenvalue weighted by Crippen LogP contribution is 2.22. The molecule has 1 aliphatic rings. The molecule has 1 fully saturated rings. The van der Waals surface area contributed by atoms with Crippen LogP contribution in [-0.2, 0) is 11.2 Å². The molecule has 1 atom stereocenters. The molecule has 0 spiro atoms. The second kappa shape index (κ2) is 8.43. The summed E-state index contributed by atoms with van der Waals surface area (Å²) in [7, 11) is 1.95. The van der Waals surface area contributed by atoms with Crippen LogP contribution in [0.5, 0.6) is 0 Å². The average Bonchev–Trinajstić information content (AvgIpc) is 2.97. The predicted molar refractivity (Wildman–Crippen MR) is 112 cm³/mol. The van der Waals surface area contributed by atoms with E-state index in [1.165, 1.54) is 4.68 Å². The number of aryl methyl sites for hydroxylation is 2. The number of amides is 1. The monoisotopic (exact) mass is 403 g/mol. The number of carbonyl (C=O) groups is 1. The van der Waals surface area contributed by atoms with Crippen molar-refractivity contribution in [2.45, 2.75) is 59.0 Å². The first kappa shape index (κ1) is 20.5. The number of hydrogen-bond acceptors (Lipinski definition) is 6. The van der Waals surface area contributed by atoms with Crippen molar-refractivity contribution in [2.75, 3.05) is 25.0 Å². The molecule has 1 saturated heterocycles. The zero-order valence-electron chi connectivity index (χ0n) is 17.3. The van der Waals surface area contributed by atoms with Crippen LogP contribution in [0, 0.1) is 13.8 Å². The van der Waals surface area contributed by atoms with Crippen molar-refractivity contribution in [2.24, 2.45) is 0 Å². The van der Waals surface area contributed by atoms with Gasteiger partial charge in [-0.1, -0.05) is 0 Å². The summed E-state index contributed by atoms with van der Waals surface area (Å²) in [5.74, 6) is 0.0716. The van der Waals surface area contributed by atoms with Gasteiger partial charge in [-0.15, -0.1) is 11.3 Å². The Bertz CT molecular complexity index is 904. The van der Waals surface area contributed by atoms with Gasteiger partial charge in [0.2, 0.25) is 5.91 Å². The van der Waals surface area contributed by atoms with E-state index >= 15 is 0 Å². The molecule has 1 amide bonds. The molecule has 2 aromatic rings. The number of carbonyl (C=O) groups excluding carboxylic acids is 1. The number of aromatic nitrogens is 3. The molecule has 0 radical (unpaired) electrons. The van der Waals surface area contributed by atoms with Crippen LogP contribution >= 0.6 is 11.3 Å². The normalized spacial score (nSPS) is 17.2. The van der Waals surface area contributed by atoms with Gasteiger partial charge in [-0.3, -0.25) is 9.59 Å². The third-order valence-electron chi connectivity index (χ3n) is 5.41. The van der Waals surface area contributed by atoms with Crippen LogP contribution in [0.25, 0.3) is 0 Å². The van der Waals surface area contributed by atoms with Crippen molar-refractivity contribution in [3.05, 3.63) is 38.2 Å². The first-order valence-electron chi connectivity index (χ1n) is 9.78. The maximum Gasteiger partial charge on any atom is 0.269 e. The topological polar surface area (TPSA) is 71.3 Å². The molecule has 2 aromatic heterocycles. The predicted octanol–water partition coefficient (Wildman–Crippen LogP) is 2.57. The van der Waals surface area contributed by atoms with Gasteiger partial charge in [-0.05, 0) is 40.5 Å². The third-order valence-corrected chi connectivity index (χ3v) is 6.34. The van der Waals surface area contributed by atoms with E-state index in [0.717, 1.165) is 40.7 Å². The number of hydrogen-bond donors (Lipinski definition) is 0. The lowest BCUT2D eigenvalue weighted by atomic mass is 10.0. The van der Waals surface area contributed by atoms with E-state index < -0.39 is 0 Å². The van der Waals surface area contributed by atoms with Crippen molar-refractivity contribution in [1.29, 1.82) is 0 Å². The van der Waals surface area contributed by atoms with Crippen molar-refractivity contribution in [1.82, 2.24) is 19.7 Å². The summed E-state index contributed by atoms with van der Waals surface area (Å²) >= 11 is 1.62. The molecular weight excluding hydrogens is 374 g/mol. The molecule has 152 valence electrons. The van der Waals surface area contributed by atoms with E-state index in [4.69, 9.17) is 0 Å². The smallest absolute Gasteiger partial charge is 0.269 e. The summed E-state index contributed by atoms with van der Waals surface area (Å²) in [6, 6.07) is 1.84. The van der Waals surface area contributed by atoms with Crippen LogP contribution < -0.4 is 10.5 Å². The maximum absolute atomic E-state index is 12.8. The summed E-state index contributed by atoms with van der Waals surface area (Å²) in [4.78, 5) is 34.9. The zero-order chi connectivity index (χ0) is 20.4. The molecule has 0 unspecified atom stereocenters. The van der Waals surface area contributed by atoms with E-state index in [9.17, 15) is 9.59 Å². The Morgan fingerprint density at radius 3 is 2.75 bits per heavy atom. The molecular formula is C20H29N5O2S. The summed E-state index contributed by atoms with van der Waals surface area (Å²) in [5, 5.41) is 5.40. The van der Waals surface area contributed by atoms with Gasteiger partial charge in [-0.25, -0.2) is 9.67 Å². The Balaban J connectivity index is 1.71. The minimum atomic E-state index is -0.115. The standard InChI is InChI=1S/C20H29N5O2S/c1-13(2)23(5)17-9-20(27)25(21-11-17)16-7-6-8-24(12-16)19(26)10-18-14(3)28-15(4)22-18/h9,11,13,16H,6-8,10,12H2,1-5H3/t16-/m1/s1. The van der Waals surface area contributed by atoms with E-state index in [-0.39, 0.29) is 23.6 Å². The first-order chi connectivity index (χ1) is 13.3. The van der Waals surface area contributed by atoms with Crippen molar-refractivity contribution >= 4 is 22.9 Å². The second-order valence-electron chi connectivity index (χ2n) is 7.75. The fourth-order valence-electron chi connectivity index (χ4n) is 3.55. The van der Waals surface area contributed by atoms with Gasteiger partial charge in [0.1, 0.15) is 0 Å². The van der Waals surface area contributed by atoms with Crippen LogP contribution in [0.15, 0.2) is 17.1 Å². The molecule has 3 rings (SSSR count). The lowest BCUT2D eigenvalue weighted by Gasteiger charge is -2.33. The Morgan fingerprint density at radius 2 is 2.14 bits per heavy atom. The molecule has 0 bridgehead atoms. The van der Waals surface area contributed by atoms with Crippen LogP contribution in [0.4, 0.5) is 5.69 Å². The maximum atomic E-state index is 12.8. The lowest BCUT2D eigenvalue weighted by Crippen LogP contribution is -2.44. The van der Waals surface area contributed by atoms with Gasteiger partial charge in [0, 0.05) is 37.1 Å². The number of rotatable bonds is 5. The van der Waals surface area contributed by atoms with Gasteiger partial charge in [0.15, 0.2) is 0 Å². The summed E-state index contributed by atoms with van der Waals surface area (Å²) in [6.07, 6.45) is 3.78.